The molecule has 1 aromatic carbocycles. The molecule has 0 bridgehead atoms. The standard InChI is InChI=1S/C14H18BrNO2/c1-13(2,3)16-12(17)18-14(8-9-14)10-4-6-11(15)7-5-10/h4-7H,8-9H2,1-3H3,(H,16,17). The van der Waals surface area contributed by atoms with E-state index >= 15 is 0 Å². The van der Waals surface area contributed by atoms with Crippen LogP contribution in [-0.2, 0) is 10.3 Å². The molecule has 4 heteroatoms. The molecule has 1 amide bonds. The summed E-state index contributed by atoms with van der Waals surface area (Å²) in [6.07, 6.45) is 1.45. The maximum atomic E-state index is 11.8. The minimum Gasteiger partial charge on any atom is -0.438 e. The smallest absolute Gasteiger partial charge is 0.408 e. The number of benzene rings is 1. The number of hydrogen-bond donors (Lipinski definition) is 1. The van der Waals surface area contributed by atoms with Gasteiger partial charge in [0.1, 0.15) is 5.60 Å². The molecule has 0 heterocycles. The highest BCUT2D eigenvalue weighted by Gasteiger charge is 2.48. The first-order chi connectivity index (χ1) is 8.31. The molecule has 0 aromatic heterocycles. The third-order valence-electron chi connectivity index (χ3n) is 2.84. The third kappa shape index (κ3) is 3.25. The van der Waals surface area contributed by atoms with Crippen LogP contribution in [0.1, 0.15) is 39.2 Å². The van der Waals surface area contributed by atoms with Gasteiger partial charge in [-0.25, -0.2) is 4.79 Å². The van der Waals surface area contributed by atoms with Crippen LogP contribution < -0.4 is 5.32 Å². The average Bonchev–Trinajstić information content (AvgIpc) is 2.96. The van der Waals surface area contributed by atoms with Gasteiger partial charge in [-0.2, -0.15) is 0 Å². The van der Waals surface area contributed by atoms with Crippen molar-refractivity contribution in [2.75, 3.05) is 0 Å². The van der Waals surface area contributed by atoms with Crippen LogP contribution in [0.25, 0.3) is 0 Å². The molecule has 0 radical (unpaired) electrons. The summed E-state index contributed by atoms with van der Waals surface area (Å²) in [7, 11) is 0. The molecule has 1 aliphatic carbocycles. The first-order valence-electron chi connectivity index (χ1n) is 6.08. The summed E-state index contributed by atoms with van der Waals surface area (Å²) in [5.74, 6) is 0. The number of rotatable bonds is 2. The minimum absolute atomic E-state index is 0.271. The van der Waals surface area contributed by atoms with E-state index in [4.69, 9.17) is 4.74 Å². The van der Waals surface area contributed by atoms with Crippen molar-refractivity contribution in [3.8, 4) is 0 Å². The van der Waals surface area contributed by atoms with Crippen LogP contribution in [0, 0.1) is 0 Å². The van der Waals surface area contributed by atoms with Gasteiger partial charge in [-0.15, -0.1) is 0 Å². The van der Waals surface area contributed by atoms with Crippen LogP contribution in [0.4, 0.5) is 4.79 Å². The van der Waals surface area contributed by atoms with E-state index in [2.05, 4.69) is 21.2 Å². The lowest BCUT2D eigenvalue weighted by Crippen LogP contribution is -2.42. The van der Waals surface area contributed by atoms with Gasteiger partial charge in [-0.05, 0) is 51.3 Å². The van der Waals surface area contributed by atoms with E-state index in [1.54, 1.807) is 0 Å². The van der Waals surface area contributed by atoms with Crippen LogP contribution in [0.15, 0.2) is 28.7 Å². The third-order valence-corrected chi connectivity index (χ3v) is 3.37. The maximum Gasteiger partial charge on any atom is 0.408 e. The molecule has 0 saturated heterocycles. The second-order valence-electron chi connectivity index (χ2n) is 5.77. The lowest BCUT2D eigenvalue weighted by atomic mass is 10.1. The van der Waals surface area contributed by atoms with Crippen molar-refractivity contribution in [3.05, 3.63) is 34.3 Å². The monoisotopic (exact) mass is 311 g/mol. The molecule has 3 nitrogen and oxygen atoms in total. The van der Waals surface area contributed by atoms with Gasteiger partial charge in [0.2, 0.25) is 0 Å². The predicted octanol–water partition coefficient (Wildman–Crippen LogP) is 3.96. The van der Waals surface area contributed by atoms with E-state index in [0.29, 0.717) is 0 Å². The highest BCUT2D eigenvalue weighted by atomic mass is 79.9. The van der Waals surface area contributed by atoms with Gasteiger partial charge in [-0.3, -0.25) is 0 Å². The summed E-state index contributed by atoms with van der Waals surface area (Å²) in [4.78, 5) is 11.8. The Morgan fingerprint density at radius 1 is 1.28 bits per heavy atom. The Bertz CT molecular complexity index is 444. The van der Waals surface area contributed by atoms with Crippen LogP contribution >= 0.6 is 15.9 Å². The fourth-order valence-electron chi connectivity index (χ4n) is 1.83. The normalized spacial score (nSPS) is 17.1. The Kier molecular flexibility index (Phi) is 3.41. The van der Waals surface area contributed by atoms with E-state index < -0.39 is 5.60 Å². The molecule has 1 aromatic rings. The van der Waals surface area contributed by atoms with Crippen molar-refractivity contribution >= 4 is 22.0 Å². The number of amides is 1. The quantitative estimate of drug-likeness (QED) is 0.897. The molecule has 0 aliphatic heterocycles. The molecule has 1 saturated carbocycles. The number of halogens is 1. The number of hydrogen-bond acceptors (Lipinski definition) is 2. The molecule has 1 aliphatic rings. The van der Waals surface area contributed by atoms with Crippen molar-refractivity contribution in [2.45, 2.75) is 44.8 Å². The van der Waals surface area contributed by atoms with E-state index in [-0.39, 0.29) is 11.6 Å². The van der Waals surface area contributed by atoms with Gasteiger partial charge in [0.05, 0.1) is 0 Å². The SMILES string of the molecule is CC(C)(C)NC(=O)OC1(c2ccc(Br)cc2)CC1. The van der Waals surface area contributed by atoms with Crippen LogP contribution in [0.2, 0.25) is 0 Å². The number of nitrogens with one attached hydrogen (secondary N) is 1. The van der Waals surface area contributed by atoms with Gasteiger partial charge in [-0.1, -0.05) is 28.1 Å². The Morgan fingerprint density at radius 3 is 2.28 bits per heavy atom. The maximum absolute atomic E-state index is 11.8. The minimum atomic E-state index is -0.407. The van der Waals surface area contributed by atoms with Gasteiger partial charge in [0.15, 0.2) is 0 Å². The highest BCUT2D eigenvalue weighted by Crippen LogP contribution is 2.49. The second kappa shape index (κ2) is 4.57. The van der Waals surface area contributed by atoms with Gasteiger partial charge < -0.3 is 10.1 Å². The summed E-state index contributed by atoms with van der Waals surface area (Å²) >= 11 is 3.40. The van der Waals surface area contributed by atoms with Crippen LogP contribution in [0.5, 0.6) is 0 Å². The summed E-state index contributed by atoms with van der Waals surface area (Å²) in [6.45, 7) is 5.81. The van der Waals surface area contributed by atoms with Crippen LogP contribution in [-0.4, -0.2) is 11.6 Å². The summed E-state index contributed by atoms with van der Waals surface area (Å²) < 4.78 is 6.61. The molecule has 0 spiro atoms. The first-order valence-corrected chi connectivity index (χ1v) is 6.87. The van der Waals surface area contributed by atoms with E-state index in [9.17, 15) is 4.79 Å². The number of alkyl carbamates (subject to hydrolysis) is 1. The van der Waals surface area contributed by atoms with Gasteiger partial charge in [0.25, 0.3) is 0 Å². The average molecular weight is 312 g/mol. The zero-order chi connectivity index (χ0) is 13.4. The molecule has 98 valence electrons. The highest BCUT2D eigenvalue weighted by molar-refractivity contribution is 9.10. The Morgan fingerprint density at radius 2 is 1.83 bits per heavy atom. The molecule has 1 fully saturated rings. The Labute approximate surface area is 116 Å². The van der Waals surface area contributed by atoms with Gasteiger partial charge >= 0.3 is 6.09 Å². The topological polar surface area (TPSA) is 38.3 Å². The zero-order valence-corrected chi connectivity index (χ0v) is 12.5. The van der Waals surface area contributed by atoms with E-state index in [1.807, 2.05) is 45.0 Å². The largest absolute Gasteiger partial charge is 0.438 e. The van der Waals surface area contributed by atoms with Crippen molar-refractivity contribution in [2.24, 2.45) is 0 Å². The first kappa shape index (κ1) is 13.4. The van der Waals surface area contributed by atoms with E-state index in [0.717, 1.165) is 22.9 Å². The fourth-order valence-corrected chi connectivity index (χ4v) is 2.09. The van der Waals surface area contributed by atoms with Crippen LogP contribution in [0.3, 0.4) is 0 Å². The zero-order valence-electron chi connectivity index (χ0n) is 10.9. The number of carbonyl (C=O) groups excluding carboxylic acids is 1. The lowest BCUT2D eigenvalue weighted by molar-refractivity contribution is 0.0755. The second-order valence-corrected chi connectivity index (χ2v) is 6.68. The summed E-state index contributed by atoms with van der Waals surface area (Å²) in [6, 6.07) is 7.95. The molecular weight excluding hydrogens is 294 g/mol. The molecular formula is C14H18BrNO2. The molecule has 1 N–H and O–H groups in total. The van der Waals surface area contributed by atoms with Gasteiger partial charge in [0, 0.05) is 10.0 Å². The molecule has 18 heavy (non-hydrogen) atoms. The van der Waals surface area contributed by atoms with Crippen molar-refractivity contribution < 1.29 is 9.53 Å². The predicted molar refractivity (Wildman–Crippen MR) is 74.4 cm³/mol. The number of carbonyl (C=O) groups is 1. The number of ether oxygens (including phenoxy) is 1. The van der Waals surface area contributed by atoms with Crippen molar-refractivity contribution in [1.29, 1.82) is 0 Å². The van der Waals surface area contributed by atoms with Crippen molar-refractivity contribution in [3.63, 3.8) is 0 Å². The molecule has 0 unspecified atom stereocenters. The van der Waals surface area contributed by atoms with Crippen molar-refractivity contribution in [1.82, 2.24) is 5.32 Å². The molecule has 2 rings (SSSR count). The Hall–Kier alpha value is -1.03. The summed E-state index contributed by atoms with van der Waals surface area (Å²) in [5, 5.41) is 2.83. The summed E-state index contributed by atoms with van der Waals surface area (Å²) in [5.41, 5.74) is 0.387. The Balaban J connectivity index is 2.04. The fraction of sp³-hybridized carbons (Fsp3) is 0.500. The lowest BCUT2D eigenvalue weighted by Gasteiger charge is -2.23. The van der Waals surface area contributed by atoms with E-state index in [1.165, 1.54) is 0 Å². The molecule has 0 atom stereocenters.